The normalized spacial score (nSPS) is 27.4. The van der Waals surface area contributed by atoms with E-state index in [1.165, 1.54) is 0 Å². The Morgan fingerprint density at radius 2 is 2.06 bits per heavy atom. The highest BCUT2D eigenvalue weighted by atomic mass is 16.2. The highest BCUT2D eigenvalue weighted by Gasteiger charge is 2.31. The van der Waals surface area contributed by atoms with Crippen LogP contribution in [0.25, 0.3) is 0 Å². The van der Waals surface area contributed by atoms with Crippen LogP contribution in [0.5, 0.6) is 0 Å². The maximum atomic E-state index is 11.6. The van der Waals surface area contributed by atoms with Crippen LogP contribution in [0, 0.1) is 0 Å². The number of imide groups is 1. The van der Waals surface area contributed by atoms with Gasteiger partial charge in [0.25, 0.3) is 5.91 Å². The van der Waals surface area contributed by atoms with E-state index in [9.17, 15) is 19.2 Å². The molecule has 4 N–H and O–H groups in total. The SMILES string of the molecule is O=C1CCC(C(=O)NCC2NC(=O)NC2=O)N1. The molecule has 0 aromatic heterocycles. The van der Waals surface area contributed by atoms with Gasteiger partial charge in [0.05, 0.1) is 0 Å². The van der Waals surface area contributed by atoms with Gasteiger partial charge in [0.15, 0.2) is 0 Å². The van der Waals surface area contributed by atoms with Gasteiger partial charge in [-0.2, -0.15) is 0 Å². The van der Waals surface area contributed by atoms with Crippen molar-refractivity contribution < 1.29 is 19.2 Å². The summed E-state index contributed by atoms with van der Waals surface area (Å²) in [5.74, 6) is -0.965. The van der Waals surface area contributed by atoms with Crippen LogP contribution in [0.2, 0.25) is 0 Å². The van der Waals surface area contributed by atoms with Gasteiger partial charge in [-0.25, -0.2) is 4.79 Å². The molecule has 2 aliphatic heterocycles. The Morgan fingerprint density at radius 1 is 1.29 bits per heavy atom. The fourth-order valence-electron chi connectivity index (χ4n) is 1.74. The molecule has 0 saturated carbocycles. The van der Waals surface area contributed by atoms with E-state index in [-0.39, 0.29) is 18.4 Å². The minimum absolute atomic E-state index is 0.0166. The average molecular weight is 240 g/mol. The second-order valence-corrected chi connectivity index (χ2v) is 3.92. The number of hydrogen-bond donors (Lipinski definition) is 4. The first-order valence-corrected chi connectivity index (χ1v) is 5.24. The molecule has 0 bridgehead atoms. The van der Waals surface area contributed by atoms with Crippen molar-refractivity contribution in [3.05, 3.63) is 0 Å². The number of urea groups is 1. The third-order valence-corrected chi connectivity index (χ3v) is 2.65. The van der Waals surface area contributed by atoms with E-state index >= 15 is 0 Å². The third-order valence-electron chi connectivity index (χ3n) is 2.65. The first-order valence-electron chi connectivity index (χ1n) is 5.24. The van der Waals surface area contributed by atoms with Crippen molar-refractivity contribution in [1.29, 1.82) is 0 Å². The number of rotatable bonds is 3. The molecule has 0 aromatic rings. The van der Waals surface area contributed by atoms with Crippen LogP contribution in [-0.4, -0.2) is 42.4 Å². The van der Waals surface area contributed by atoms with Gasteiger partial charge in [0, 0.05) is 13.0 Å². The van der Waals surface area contributed by atoms with Gasteiger partial charge in [0.1, 0.15) is 12.1 Å². The molecule has 2 fully saturated rings. The minimum atomic E-state index is -0.747. The second-order valence-electron chi connectivity index (χ2n) is 3.92. The van der Waals surface area contributed by atoms with Gasteiger partial charge in [-0.15, -0.1) is 0 Å². The van der Waals surface area contributed by atoms with Crippen molar-refractivity contribution in [1.82, 2.24) is 21.3 Å². The summed E-state index contributed by atoms with van der Waals surface area (Å²) in [7, 11) is 0. The number of nitrogens with one attached hydrogen (secondary N) is 4. The number of amides is 5. The molecule has 2 atom stereocenters. The fourth-order valence-corrected chi connectivity index (χ4v) is 1.74. The van der Waals surface area contributed by atoms with Gasteiger partial charge in [-0.3, -0.25) is 19.7 Å². The molecule has 0 radical (unpaired) electrons. The zero-order valence-corrected chi connectivity index (χ0v) is 8.91. The Bertz CT molecular complexity index is 394. The molecular formula is C9H12N4O4. The smallest absolute Gasteiger partial charge is 0.322 e. The molecule has 0 spiro atoms. The van der Waals surface area contributed by atoms with Crippen molar-refractivity contribution >= 4 is 23.8 Å². The summed E-state index contributed by atoms with van der Waals surface area (Å²) in [5, 5.41) is 9.43. The largest absolute Gasteiger partial charge is 0.352 e. The number of carbonyl (C=O) groups excluding carboxylic acids is 4. The Kier molecular flexibility index (Phi) is 2.94. The molecular weight excluding hydrogens is 228 g/mol. The van der Waals surface area contributed by atoms with E-state index in [1.54, 1.807) is 0 Å². The van der Waals surface area contributed by atoms with Crippen LogP contribution in [0.15, 0.2) is 0 Å². The first-order chi connectivity index (χ1) is 8.06. The lowest BCUT2D eigenvalue weighted by Crippen LogP contribution is -2.47. The Hall–Kier alpha value is -2.12. The Balaban J connectivity index is 1.78. The lowest BCUT2D eigenvalue weighted by Gasteiger charge is -2.12. The van der Waals surface area contributed by atoms with Gasteiger partial charge in [-0.1, -0.05) is 0 Å². The molecule has 5 amide bonds. The molecule has 2 saturated heterocycles. The minimum Gasteiger partial charge on any atom is -0.352 e. The average Bonchev–Trinajstić information content (AvgIpc) is 2.82. The van der Waals surface area contributed by atoms with Crippen molar-refractivity contribution in [2.75, 3.05) is 6.54 Å². The lowest BCUT2D eigenvalue weighted by atomic mass is 10.2. The second kappa shape index (κ2) is 4.40. The van der Waals surface area contributed by atoms with Crippen molar-refractivity contribution in [3.8, 4) is 0 Å². The summed E-state index contributed by atoms with van der Waals surface area (Å²) in [6, 6.07) is -1.85. The predicted molar refractivity (Wildman–Crippen MR) is 54.6 cm³/mol. The lowest BCUT2D eigenvalue weighted by molar-refractivity contribution is -0.126. The molecule has 0 aliphatic carbocycles. The highest BCUT2D eigenvalue weighted by molar-refractivity contribution is 6.04. The van der Waals surface area contributed by atoms with Gasteiger partial charge < -0.3 is 16.0 Å². The summed E-state index contributed by atoms with van der Waals surface area (Å²) in [6.07, 6.45) is 0.784. The monoisotopic (exact) mass is 240 g/mol. The van der Waals surface area contributed by atoms with E-state index in [1.807, 2.05) is 0 Å². The Labute approximate surface area is 96.5 Å². The molecule has 2 rings (SSSR count). The van der Waals surface area contributed by atoms with Crippen molar-refractivity contribution in [2.45, 2.75) is 24.9 Å². The maximum Gasteiger partial charge on any atom is 0.322 e. The molecule has 8 heteroatoms. The zero-order valence-electron chi connectivity index (χ0n) is 8.91. The van der Waals surface area contributed by atoms with Crippen LogP contribution >= 0.6 is 0 Å². The van der Waals surface area contributed by atoms with Crippen LogP contribution < -0.4 is 21.3 Å². The van der Waals surface area contributed by atoms with Crippen molar-refractivity contribution in [2.24, 2.45) is 0 Å². The van der Waals surface area contributed by atoms with Gasteiger partial charge in [0.2, 0.25) is 11.8 Å². The van der Waals surface area contributed by atoms with Crippen LogP contribution in [0.4, 0.5) is 4.79 Å². The van der Waals surface area contributed by atoms with E-state index < -0.39 is 24.0 Å². The van der Waals surface area contributed by atoms with Crippen molar-refractivity contribution in [3.63, 3.8) is 0 Å². The summed E-state index contributed by atoms with van der Waals surface area (Å²) in [5.41, 5.74) is 0. The molecule has 0 aromatic carbocycles. The van der Waals surface area contributed by atoms with E-state index in [4.69, 9.17) is 0 Å². The molecule has 2 unspecified atom stereocenters. The standard InChI is InChI=1S/C9H12N4O4/c14-6-2-1-4(11-6)7(15)10-3-5-8(16)13-9(17)12-5/h4-5H,1-3H2,(H,10,15)(H,11,14)(H2,12,13,16,17). The summed E-state index contributed by atoms with van der Waals surface area (Å²) < 4.78 is 0. The summed E-state index contributed by atoms with van der Waals surface area (Å²) in [6.45, 7) is 0.0166. The molecule has 2 heterocycles. The Morgan fingerprint density at radius 3 is 2.59 bits per heavy atom. The third kappa shape index (κ3) is 2.52. The first kappa shape index (κ1) is 11.4. The topological polar surface area (TPSA) is 116 Å². The quantitative estimate of drug-likeness (QED) is 0.411. The number of carbonyl (C=O) groups is 4. The van der Waals surface area contributed by atoms with E-state index in [0.717, 1.165) is 0 Å². The maximum absolute atomic E-state index is 11.6. The molecule has 92 valence electrons. The van der Waals surface area contributed by atoms with E-state index in [2.05, 4.69) is 21.3 Å². The summed E-state index contributed by atoms with van der Waals surface area (Å²) in [4.78, 5) is 44.4. The van der Waals surface area contributed by atoms with Gasteiger partial charge in [-0.05, 0) is 6.42 Å². The predicted octanol–water partition coefficient (Wildman–Crippen LogP) is -2.41. The van der Waals surface area contributed by atoms with Crippen LogP contribution in [0.1, 0.15) is 12.8 Å². The molecule has 2 aliphatic rings. The van der Waals surface area contributed by atoms with Crippen LogP contribution in [0.3, 0.4) is 0 Å². The van der Waals surface area contributed by atoms with Gasteiger partial charge >= 0.3 is 6.03 Å². The molecule has 8 nitrogen and oxygen atoms in total. The highest BCUT2D eigenvalue weighted by Crippen LogP contribution is 2.06. The van der Waals surface area contributed by atoms with Crippen LogP contribution in [-0.2, 0) is 14.4 Å². The molecule has 17 heavy (non-hydrogen) atoms. The summed E-state index contributed by atoms with van der Waals surface area (Å²) >= 11 is 0. The zero-order chi connectivity index (χ0) is 12.4. The number of hydrogen-bond acceptors (Lipinski definition) is 4. The fraction of sp³-hybridized carbons (Fsp3) is 0.556. The van der Waals surface area contributed by atoms with E-state index in [0.29, 0.717) is 12.8 Å².